The van der Waals surface area contributed by atoms with Crippen LogP contribution in [0.1, 0.15) is 37.3 Å². The molecule has 2 aromatic carbocycles. The minimum atomic E-state index is -1.79. The maximum Gasteiger partial charge on any atom is 0.347 e. The summed E-state index contributed by atoms with van der Waals surface area (Å²) in [6.45, 7) is 4.62. The molecule has 0 bridgehead atoms. The minimum Gasteiger partial charge on any atom is -0.463 e. The van der Waals surface area contributed by atoms with Crippen molar-refractivity contribution in [2.24, 2.45) is 0 Å². The lowest BCUT2D eigenvalue weighted by Crippen LogP contribution is -2.39. The molecule has 3 rings (SSSR count). The molecule has 0 spiro atoms. The van der Waals surface area contributed by atoms with Crippen LogP contribution >= 0.6 is 0 Å². The summed E-state index contributed by atoms with van der Waals surface area (Å²) in [6, 6.07) is 18.5. The maximum atomic E-state index is 12.9. The summed E-state index contributed by atoms with van der Waals surface area (Å²) < 4.78 is 5.56. The molecule has 1 unspecified atom stereocenters. The van der Waals surface area contributed by atoms with Crippen LogP contribution in [0.25, 0.3) is 0 Å². The second kappa shape index (κ2) is 8.47. The number of rotatable bonds is 7. The Balaban J connectivity index is 1.74. The summed E-state index contributed by atoms with van der Waals surface area (Å²) in [5.74, 6) is -0.615. The van der Waals surface area contributed by atoms with Crippen LogP contribution in [-0.4, -0.2) is 41.7 Å². The van der Waals surface area contributed by atoms with Crippen molar-refractivity contribution < 1.29 is 14.6 Å². The number of aliphatic hydroxyl groups is 1. The highest BCUT2D eigenvalue weighted by atomic mass is 16.5. The van der Waals surface area contributed by atoms with E-state index in [0.29, 0.717) is 23.8 Å². The summed E-state index contributed by atoms with van der Waals surface area (Å²) in [5.41, 5.74) is -0.748. The average molecular weight is 353 g/mol. The molecule has 1 N–H and O–H groups in total. The van der Waals surface area contributed by atoms with Crippen LogP contribution in [0, 0.1) is 0 Å². The first-order valence-electron chi connectivity index (χ1n) is 9.41. The van der Waals surface area contributed by atoms with E-state index in [4.69, 9.17) is 4.74 Å². The van der Waals surface area contributed by atoms with Gasteiger partial charge in [0.15, 0.2) is 0 Å². The second-order valence-electron chi connectivity index (χ2n) is 6.79. The third-order valence-corrected chi connectivity index (χ3v) is 5.27. The Morgan fingerprint density at radius 1 is 1.12 bits per heavy atom. The predicted octanol–water partition coefficient (Wildman–Crippen LogP) is 3.34. The lowest BCUT2D eigenvalue weighted by molar-refractivity contribution is -0.162. The molecule has 0 aliphatic carbocycles. The molecule has 1 atom stereocenters. The number of hydrogen-bond acceptors (Lipinski definition) is 4. The fraction of sp³-hybridized carbons (Fsp3) is 0.409. The van der Waals surface area contributed by atoms with Gasteiger partial charge in [-0.25, -0.2) is 4.79 Å². The Kier molecular flexibility index (Phi) is 6.07. The van der Waals surface area contributed by atoms with Gasteiger partial charge in [0, 0.05) is 6.04 Å². The van der Waals surface area contributed by atoms with Crippen LogP contribution < -0.4 is 0 Å². The molecule has 1 saturated heterocycles. The summed E-state index contributed by atoms with van der Waals surface area (Å²) in [5, 5.41) is 11.3. The van der Waals surface area contributed by atoms with Gasteiger partial charge < -0.3 is 14.7 Å². The molecular formula is C22H27NO3. The van der Waals surface area contributed by atoms with E-state index in [1.807, 2.05) is 36.4 Å². The molecule has 1 aliphatic heterocycles. The Morgan fingerprint density at radius 3 is 2.23 bits per heavy atom. The Labute approximate surface area is 155 Å². The topological polar surface area (TPSA) is 49.8 Å². The highest BCUT2D eigenvalue weighted by molar-refractivity contribution is 5.85. The summed E-state index contributed by atoms with van der Waals surface area (Å²) in [6.07, 6.45) is 3.15. The maximum absolute atomic E-state index is 12.9. The van der Waals surface area contributed by atoms with Crippen LogP contribution in [0.3, 0.4) is 0 Å². The molecule has 26 heavy (non-hydrogen) atoms. The van der Waals surface area contributed by atoms with Gasteiger partial charge in [-0.15, -0.1) is 0 Å². The van der Waals surface area contributed by atoms with E-state index in [-0.39, 0.29) is 0 Å². The zero-order valence-corrected chi connectivity index (χ0v) is 15.3. The zero-order chi connectivity index (χ0) is 18.4. The van der Waals surface area contributed by atoms with E-state index in [2.05, 4.69) is 11.8 Å². The second-order valence-corrected chi connectivity index (χ2v) is 6.79. The van der Waals surface area contributed by atoms with E-state index in [1.54, 1.807) is 24.3 Å². The van der Waals surface area contributed by atoms with E-state index in [1.165, 1.54) is 6.42 Å². The van der Waals surface area contributed by atoms with E-state index >= 15 is 0 Å². The monoisotopic (exact) mass is 353 g/mol. The van der Waals surface area contributed by atoms with Crippen molar-refractivity contribution in [2.75, 3.05) is 19.7 Å². The largest absolute Gasteiger partial charge is 0.463 e. The quantitative estimate of drug-likeness (QED) is 0.776. The number of esters is 1. The zero-order valence-electron chi connectivity index (χ0n) is 15.3. The van der Waals surface area contributed by atoms with E-state index in [0.717, 1.165) is 25.9 Å². The van der Waals surface area contributed by atoms with Gasteiger partial charge in [-0.05, 0) is 43.5 Å². The first-order valence-corrected chi connectivity index (χ1v) is 9.41. The molecule has 1 aliphatic rings. The van der Waals surface area contributed by atoms with Crippen LogP contribution in [0.4, 0.5) is 0 Å². The molecule has 1 fully saturated rings. The normalized spacial score (nSPS) is 18.0. The Morgan fingerprint density at radius 2 is 1.69 bits per heavy atom. The third kappa shape index (κ3) is 3.81. The van der Waals surface area contributed by atoms with E-state index in [9.17, 15) is 9.90 Å². The summed E-state index contributed by atoms with van der Waals surface area (Å²) in [4.78, 5) is 15.3. The first kappa shape index (κ1) is 18.6. The molecule has 0 saturated carbocycles. The molecule has 0 aromatic heterocycles. The third-order valence-electron chi connectivity index (χ3n) is 5.27. The first-order chi connectivity index (χ1) is 12.7. The average Bonchev–Trinajstić information content (AvgIpc) is 3.16. The van der Waals surface area contributed by atoms with Gasteiger partial charge >= 0.3 is 5.97 Å². The van der Waals surface area contributed by atoms with Crippen LogP contribution in [-0.2, 0) is 15.1 Å². The lowest BCUT2D eigenvalue weighted by Gasteiger charge is -2.28. The number of nitrogens with zero attached hydrogens (tertiary/aromatic N) is 1. The van der Waals surface area contributed by atoms with Crippen molar-refractivity contribution >= 4 is 5.97 Å². The fourth-order valence-electron chi connectivity index (χ4n) is 3.79. The molecule has 0 amide bonds. The number of carbonyl (C=O) groups excluding carboxylic acids is 1. The molecule has 1 heterocycles. The van der Waals surface area contributed by atoms with Gasteiger partial charge in [-0.1, -0.05) is 67.6 Å². The Bertz CT molecular complexity index is 662. The van der Waals surface area contributed by atoms with Crippen LogP contribution in [0.5, 0.6) is 0 Å². The molecule has 4 heteroatoms. The summed E-state index contributed by atoms with van der Waals surface area (Å²) in [7, 11) is 0. The molecule has 138 valence electrons. The molecule has 4 nitrogen and oxygen atoms in total. The summed E-state index contributed by atoms with van der Waals surface area (Å²) >= 11 is 0. The molecular weight excluding hydrogens is 326 g/mol. The lowest BCUT2D eigenvalue weighted by atomic mass is 9.86. The van der Waals surface area contributed by atoms with Crippen LogP contribution in [0.2, 0.25) is 0 Å². The van der Waals surface area contributed by atoms with Crippen molar-refractivity contribution in [3.05, 3.63) is 71.8 Å². The number of carbonyl (C=O) groups is 1. The van der Waals surface area contributed by atoms with Gasteiger partial charge in [0.2, 0.25) is 5.60 Å². The number of ether oxygens (including phenoxy) is 1. The van der Waals surface area contributed by atoms with Gasteiger partial charge in [0.05, 0.1) is 6.61 Å². The van der Waals surface area contributed by atoms with Gasteiger partial charge in [0.1, 0.15) is 0 Å². The highest BCUT2D eigenvalue weighted by Crippen LogP contribution is 2.31. The SMILES string of the molecule is CCN1CCCC1CCOC(=O)C(O)(c1ccccc1)c1ccccc1. The van der Waals surface area contributed by atoms with Crippen molar-refractivity contribution in [2.45, 2.75) is 37.8 Å². The molecule has 2 aromatic rings. The fourth-order valence-corrected chi connectivity index (χ4v) is 3.79. The Hall–Kier alpha value is -2.17. The highest BCUT2D eigenvalue weighted by Gasteiger charge is 2.41. The number of likely N-dealkylation sites (tertiary alicyclic amines) is 1. The van der Waals surface area contributed by atoms with Crippen molar-refractivity contribution in [1.29, 1.82) is 0 Å². The van der Waals surface area contributed by atoms with Gasteiger partial charge in [-0.3, -0.25) is 0 Å². The van der Waals surface area contributed by atoms with Gasteiger partial charge in [-0.2, -0.15) is 0 Å². The van der Waals surface area contributed by atoms with Crippen molar-refractivity contribution in [3.8, 4) is 0 Å². The van der Waals surface area contributed by atoms with E-state index < -0.39 is 11.6 Å². The van der Waals surface area contributed by atoms with Crippen LogP contribution in [0.15, 0.2) is 60.7 Å². The number of hydrogen-bond donors (Lipinski definition) is 1. The smallest absolute Gasteiger partial charge is 0.347 e. The minimum absolute atomic E-state index is 0.321. The number of benzene rings is 2. The van der Waals surface area contributed by atoms with Gasteiger partial charge in [0.25, 0.3) is 0 Å². The molecule has 0 radical (unpaired) electrons. The van der Waals surface area contributed by atoms with Crippen molar-refractivity contribution in [1.82, 2.24) is 4.90 Å². The standard InChI is InChI=1S/C22H27NO3/c1-2-23-16-9-14-20(23)15-17-26-21(24)22(25,18-10-5-3-6-11-18)19-12-7-4-8-13-19/h3-8,10-13,20,25H,2,9,14-17H2,1H3. The predicted molar refractivity (Wildman–Crippen MR) is 102 cm³/mol. The van der Waals surface area contributed by atoms with Crippen molar-refractivity contribution in [3.63, 3.8) is 0 Å².